The van der Waals surface area contributed by atoms with E-state index < -0.39 is 0 Å². The third-order valence-corrected chi connectivity index (χ3v) is 3.38. The molecule has 0 fully saturated rings. The summed E-state index contributed by atoms with van der Waals surface area (Å²) in [5, 5.41) is 1.16. The lowest BCUT2D eigenvalue weighted by Gasteiger charge is -1.99. The largest absolute Gasteiger partial charge is 0.304 e. The number of hydrogen-bond donors (Lipinski definition) is 0. The Balaban J connectivity index is 2.26. The topological polar surface area (TPSA) is 17.3 Å². The Morgan fingerprint density at radius 2 is 1.89 bits per heavy atom. The highest BCUT2D eigenvalue weighted by Gasteiger charge is 2.09. The zero-order chi connectivity index (χ0) is 12.7. The Morgan fingerprint density at radius 3 is 2.67 bits per heavy atom. The van der Waals surface area contributed by atoms with Gasteiger partial charge in [0, 0.05) is 18.0 Å². The Labute approximate surface area is 115 Å². The molecule has 0 aliphatic carbocycles. The first kappa shape index (κ1) is 11.6. The third kappa shape index (κ3) is 1.88. The average Bonchev–Trinajstić information content (AvgIpc) is 2.73. The summed E-state index contributed by atoms with van der Waals surface area (Å²) >= 11 is 12.1. The number of aromatic nitrogens is 2. The van der Waals surface area contributed by atoms with Gasteiger partial charge in [-0.25, -0.2) is 4.98 Å². The molecule has 2 aromatic heterocycles. The second-order valence-corrected chi connectivity index (χ2v) is 5.02. The lowest BCUT2D eigenvalue weighted by molar-refractivity contribution is 1.19. The number of fused-ring (bicyclic) bond motifs is 1. The van der Waals surface area contributed by atoms with Gasteiger partial charge in [0.1, 0.15) is 0 Å². The number of aryl methyl sites for hydroxylation is 1. The standard InChI is InChI=1S/C14H10Cl2N2/c1-9-4-2-3-5-11(9)13-8-18-7-10(15)6-12(16)14(18)17-13/h2-8H,1H3. The summed E-state index contributed by atoms with van der Waals surface area (Å²) in [6.07, 6.45) is 3.74. The lowest BCUT2D eigenvalue weighted by atomic mass is 10.1. The second-order valence-electron chi connectivity index (χ2n) is 4.18. The van der Waals surface area contributed by atoms with E-state index in [1.807, 2.05) is 28.8 Å². The molecule has 0 aliphatic heterocycles. The molecular formula is C14H10Cl2N2. The van der Waals surface area contributed by atoms with E-state index in [2.05, 4.69) is 18.0 Å². The van der Waals surface area contributed by atoms with Gasteiger partial charge in [-0.15, -0.1) is 0 Å². The van der Waals surface area contributed by atoms with Crippen LogP contribution in [0.5, 0.6) is 0 Å². The van der Waals surface area contributed by atoms with Crippen molar-refractivity contribution in [2.75, 3.05) is 0 Å². The van der Waals surface area contributed by atoms with Crippen molar-refractivity contribution in [3.05, 3.63) is 58.3 Å². The van der Waals surface area contributed by atoms with Gasteiger partial charge in [-0.2, -0.15) is 0 Å². The van der Waals surface area contributed by atoms with E-state index in [0.717, 1.165) is 16.9 Å². The van der Waals surface area contributed by atoms with Crippen molar-refractivity contribution >= 4 is 28.8 Å². The predicted octanol–water partition coefficient (Wildman–Crippen LogP) is 4.62. The van der Waals surface area contributed by atoms with E-state index in [-0.39, 0.29) is 0 Å². The molecule has 3 rings (SSSR count). The van der Waals surface area contributed by atoms with Crippen molar-refractivity contribution in [2.24, 2.45) is 0 Å². The minimum absolute atomic E-state index is 0.558. The molecular weight excluding hydrogens is 267 g/mol. The quantitative estimate of drug-likeness (QED) is 0.634. The minimum Gasteiger partial charge on any atom is -0.304 e. The van der Waals surface area contributed by atoms with E-state index in [0.29, 0.717) is 10.0 Å². The van der Waals surface area contributed by atoms with Crippen LogP contribution in [0.3, 0.4) is 0 Å². The summed E-state index contributed by atoms with van der Waals surface area (Å²) in [5.41, 5.74) is 3.91. The Kier molecular flexibility index (Phi) is 2.77. The maximum atomic E-state index is 6.14. The molecule has 0 unspecified atom stereocenters. The third-order valence-electron chi connectivity index (χ3n) is 2.89. The molecule has 4 heteroatoms. The van der Waals surface area contributed by atoms with E-state index in [1.54, 1.807) is 12.3 Å². The summed E-state index contributed by atoms with van der Waals surface area (Å²) in [6.45, 7) is 2.06. The summed E-state index contributed by atoms with van der Waals surface area (Å²) in [4.78, 5) is 4.56. The zero-order valence-electron chi connectivity index (χ0n) is 9.69. The molecule has 2 heterocycles. The molecule has 0 N–H and O–H groups in total. The number of rotatable bonds is 1. The van der Waals surface area contributed by atoms with Crippen molar-refractivity contribution in [1.82, 2.24) is 9.38 Å². The van der Waals surface area contributed by atoms with Gasteiger partial charge < -0.3 is 4.40 Å². The molecule has 0 amide bonds. The van der Waals surface area contributed by atoms with Gasteiger partial charge in [0.05, 0.1) is 15.7 Å². The summed E-state index contributed by atoms with van der Waals surface area (Å²) in [7, 11) is 0. The maximum absolute atomic E-state index is 6.14. The number of nitrogens with zero attached hydrogens (tertiary/aromatic N) is 2. The lowest BCUT2D eigenvalue weighted by Crippen LogP contribution is -1.82. The van der Waals surface area contributed by atoms with Gasteiger partial charge in [-0.1, -0.05) is 47.5 Å². The van der Waals surface area contributed by atoms with Crippen LogP contribution in [0.15, 0.2) is 42.7 Å². The SMILES string of the molecule is Cc1ccccc1-c1cn2cc(Cl)cc(Cl)c2n1. The fourth-order valence-corrected chi connectivity index (χ4v) is 2.54. The summed E-state index contributed by atoms with van der Waals surface area (Å²) in [6, 6.07) is 9.83. The molecule has 0 radical (unpaired) electrons. The van der Waals surface area contributed by atoms with Crippen molar-refractivity contribution in [2.45, 2.75) is 6.92 Å². The molecule has 0 atom stereocenters. The van der Waals surface area contributed by atoms with Crippen LogP contribution in [0.1, 0.15) is 5.56 Å². The number of imidazole rings is 1. The highest BCUT2D eigenvalue weighted by Crippen LogP contribution is 2.27. The molecule has 18 heavy (non-hydrogen) atoms. The number of pyridine rings is 1. The molecule has 0 saturated heterocycles. The highest BCUT2D eigenvalue weighted by atomic mass is 35.5. The van der Waals surface area contributed by atoms with Gasteiger partial charge in [-0.05, 0) is 18.6 Å². The van der Waals surface area contributed by atoms with E-state index in [9.17, 15) is 0 Å². The Hall–Kier alpha value is -1.51. The highest BCUT2D eigenvalue weighted by molar-refractivity contribution is 6.36. The van der Waals surface area contributed by atoms with Crippen LogP contribution < -0.4 is 0 Å². The van der Waals surface area contributed by atoms with Crippen molar-refractivity contribution < 1.29 is 0 Å². The van der Waals surface area contributed by atoms with Gasteiger partial charge in [0.15, 0.2) is 5.65 Å². The normalized spacial score (nSPS) is 11.1. The number of halogens is 2. The molecule has 0 aliphatic rings. The molecule has 1 aromatic carbocycles. The number of hydrogen-bond acceptors (Lipinski definition) is 1. The molecule has 2 nitrogen and oxygen atoms in total. The van der Waals surface area contributed by atoms with Crippen LogP contribution in [0.25, 0.3) is 16.9 Å². The van der Waals surface area contributed by atoms with Gasteiger partial charge >= 0.3 is 0 Å². The van der Waals surface area contributed by atoms with Crippen LogP contribution in [-0.2, 0) is 0 Å². The van der Waals surface area contributed by atoms with Crippen LogP contribution >= 0.6 is 23.2 Å². The summed E-state index contributed by atoms with van der Waals surface area (Å²) < 4.78 is 1.85. The molecule has 0 spiro atoms. The van der Waals surface area contributed by atoms with Crippen molar-refractivity contribution in [3.63, 3.8) is 0 Å². The fourth-order valence-electron chi connectivity index (χ4n) is 2.01. The van der Waals surface area contributed by atoms with E-state index in [1.165, 1.54) is 5.56 Å². The average molecular weight is 277 g/mol. The van der Waals surface area contributed by atoms with Crippen LogP contribution in [-0.4, -0.2) is 9.38 Å². The van der Waals surface area contributed by atoms with Crippen molar-refractivity contribution in [3.8, 4) is 11.3 Å². The van der Waals surface area contributed by atoms with Gasteiger partial charge in [0.25, 0.3) is 0 Å². The molecule has 3 aromatic rings. The fraction of sp³-hybridized carbons (Fsp3) is 0.0714. The zero-order valence-corrected chi connectivity index (χ0v) is 11.2. The minimum atomic E-state index is 0.558. The van der Waals surface area contributed by atoms with Gasteiger partial charge in [0.2, 0.25) is 0 Å². The number of benzene rings is 1. The smallest absolute Gasteiger partial charge is 0.156 e. The first-order chi connectivity index (χ1) is 8.65. The summed E-state index contributed by atoms with van der Waals surface area (Å²) in [5.74, 6) is 0. The molecule has 0 saturated carbocycles. The van der Waals surface area contributed by atoms with E-state index in [4.69, 9.17) is 23.2 Å². The van der Waals surface area contributed by atoms with Crippen LogP contribution in [0.4, 0.5) is 0 Å². The molecule has 0 bridgehead atoms. The van der Waals surface area contributed by atoms with Crippen LogP contribution in [0.2, 0.25) is 10.0 Å². The Bertz CT molecular complexity index is 732. The predicted molar refractivity (Wildman–Crippen MR) is 75.4 cm³/mol. The van der Waals surface area contributed by atoms with Crippen molar-refractivity contribution in [1.29, 1.82) is 0 Å². The molecule has 90 valence electrons. The first-order valence-electron chi connectivity index (χ1n) is 5.55. The van der Waals surface area contributed by atoms with E-state index >= 15 is 0 Å². The van der Waals surface area contributed by atoms with Crippen LogP contribution in [0, 0.1) is 6.92 Å². The maximum Gasteiger partial charge on any atom is 0.156 e. The monoisotopic (exact) mass is 276 g/mol. The second kappa shape index (κ2) is 4.30. The first-order valence-corrected chi connectivity index (χ1v) is 6.30. The van der Waals surface area contributed by atoms with Gasteiger partial charge in [-0.3, -0.25) is 0 Å². The Morgan fingerprint density at radius 1 is 1.11 bits per heavy atom.